The zero-order chi connectivity index (χ0) is 9.35. The van der Waals surface area contributed by atoms with Crippen molar-refractivity contribution >= 4 is 0 Å². The molecule has 0 unspecified atom stereocenters. The SMILES string of the molecule is CCn1c(C(F)(F)F)n[nH]c1=O. The van der Waals surface area contributed by atoms with Crippen LogP contribution in [-0.4, -0.2) is 14.8 Å². The number of H-pyrrole nitrogens is 1. The molecule has 1 rings (SSSR count). The Bertz CT molecular complexity index is 323. The van der Waals surface area contributed by atoms with Crippen LogP contribution in [0.1, 0.15) is 12.7 Å². The van der Waals surface area contributed by atoms with Gasteiger partial charge in [-0.1, -0.05) is 0 Å². The molecule has 0 aromatic carbocycles. The van der Waals surface area contributed by atoms with E-state index in [4.69, 9.17) is 0 Å². The molecule has 0 radical (unpaired) electrons. The lowest BCUT2D eigenvalue weighted by atomic mass is 10.5. The Morgan fingerprint density at radius 3 is 2.50 bits per heavy atom. The van der Waals surface area contributed by atoms with E-state index in [9.17, 15) is 18.0 Å². The third-order valence-corrected chi connectivity index (χ3v) is 1.33. The average molecular weight is 181 g/mol. The van der Waals surface area contributed by atoms with Crippen molar-refractivity contribution in [1.82, 2.24) is 14.8 Å². The van der Waals surface area contributed by atoms with E-state index in [1.165, 1.54) is 6.92 Å². The maximum atomic E-state index is 12.0. The number of rotatable bonds is 1. The third-order valence-electron chi connectivity index (χ3n) is 1.33. The van der Waals surface area contributed by atoms with Crippen LogP contribution in [0, 0.1) is 0 Å². The first-order valence-corrected chi connectivity index (χ1v) is 3.19. The molecule has 12 heavy (non-hydrogen) atoms. The van der Waals surface area contributed by atoms with E-state index in [1.807, 2.05) is 0 Å². The lowest BCUT2D eigenvalue weighted by Gasteiger charge is -2.04. The predicted octanol–water partition coefficient (Wildman–Crippen LogP) is 0.610. The number of hydrogen-bond acceptors (Lipinski definition) is 2. The quantitative estimate of drug-likeness (QED) is 0.690. The van der Waals surface area contributed by atoms with Gasteiger partial charge in [-0.25, -0.2) is 9.89 Å². The fraction of sp³-hybridized carbons (Fsp3) is 0.600. The highest BCUT2D eigenvalue weighted by molar-refractivity contribution is 4.91. The van der Waals surface area contributed by atoms with E-state index in [-0.39, 0.29) is 6.54 Å². The van der Waals surface area contributed by atoms with Gasteiger partial charge in [0.05, 0.1) is 0 Å². The van der Waals surface area contributed by atoms with Gasteiger partial charge in [-0.05, 0) is 6.92 Å². The maximum Gasteiger partial charge on any atom is 0.451 e. The van der Waals surface area contributed by atoms with Crippen molar-refractivity contribution in [2.24, 2.45) is 0 Å². The highest BCUT2D eigenvalue weighted by Crippen LogP contribution is 2.25. The number of aromatic nitrogens is 3. The first-order chi connectivity index (χ1) is 5.46. The zero-order valence-electron chi connectivity index (χ0n) is 6.14. The van der Waals surface area contributed by atoms with E-state index < -0.39 is 17.7 Å². The summed E-state index contributed by atoms with van der Waals surface area (Å²) in [6.07, 6.45) is -4.57. The van der Waals surface area contributed by atoms with Crippen LogP contribution in [0.2, 0.25) is 0 Å². The Balaban J connectivity index is 3.26. The summed E-state index contributed by atoms with van der Waals surface area (Å²) >= 11 is 0. The summed E-state index contributed by atoms with van der Waals surface area (Å²) in [5, 5.41) is 4.59. The van der Waals surface area contributed by atoms with Crippen LogP contribution >= 0.6 is 0 Å². The van der Waals surface area contributed by atoms with Crippen LogP contribution in [0.4, 0.5) is 13.2 Å². The molecule has 0 fully saturated rings. The number of alkyl halides is 3. The van der Waals surface area contributed by atoms with Crippen LogP contribution in [0.15, 0.2) is 4.79 Å². The average Bonchev–Trinajstić information content (AvgIpc) is 2.29. The Labute approximate surface area is 65.0 Å². The molecule has 0 spiro atoms. The summed E-state index contributed by atoms with van der Waals surface area (Å²) in [6, 6.07) is 0. The highest BCUT2D eigenvalue weighted by Gasteiger charge is 2.37. The van der Waals surface area contributed by atoms with E-state index in [0.717, 1.165) is 0 Å². The maximum absolute atomic E-state index is 12.0. The molecule has 4 nitrogen and oxygen atoms in total. The van der Waals surface area contributed by atoms with Crippen LogP contribution in [0.3, 0.4) is 0 Å². The molecular weight excluding hydrogens is 175 g/mol. The molecule has 1 heterocycles. The number of aromatic amines is 1. The van der Waals surface area contributed by atoms with Crippen molar-refractivity contribution in [3.05, 3.63) is 16.3 Å². The Morgan fingerprint density at radius 2 is 2.17 bits per heavy atom. The Morgan fingerprint density at radius 1 is 1.58 bits per heavy atom. The van der Waals surface area contributed by atoms with Gasteiger partial charge in [0.1, 0.15) is 0 Å². The standard InChI is InChI=1S/C5H6F3N3O/c1-2-11-3(5(6,7)8)9-10-4(11)12/h2H2,1H3,(H,10,12). The van der Waals surface area contributed by atoms with E-state index in [0.29, 0.717) is 4.57 Å². The fourth-order valence-corrected chi connectivity index (χ4v) is 0.827. The Kier molecular flexibility index (Phi) is 1.95. The smallest absolute Gasteiger partial charge is 0.272 e. The minimum absolute atomic E-state index is 0.0514. The molecule has 1 aromatic heterocycles. The summed E-state index contributed by atoms with van der Waals surface area (Å²) in [7, 11) is 0. The fourth-order valence-electron chi connectivity index (χ4n) is 0.827. The van der Waals surface area contributed by atoms with Crippen LogP contribution in [0.5, 0.6) is 0 Å². The van der Waals surface area contributed by atoms with Crippen molar-refractivity contribution in [3.63, 3.8) is 0 Å². The van der Waals surface area contributed by atoms with Gasteiger partial charge in [-0.3, -0.25) is 4.57 Å². The van der Waals surface area contributed by atoms with E-state index >= 15 is 0 Å². The first-order valence-electron chi connectivity index (χ1n) is 3.19. The summed E-state index contributed by atoms with van der Waals surface area (Å²) in [6.45, 7) is 1.39. The minimum Gasteiger partial charge on any atom is -0.272 e. The molecule has 7 heteroatoms. The second kappa shape index (κ2) is 2.65. The minimum atomic E-state index is -4.57. The van der Waals surface area contributed by atoms with Gasteiger partial charge >= 0.3 is 11.9 Å². The monoisotopic (exact) mass is 181 g/mol. The van der Waals surface area contributed by atoms with Crippen molar-refractivity contribution in [2.75, 3.05) is 0 Å². The lowest BCUT2D eigenvalue weighted by molar-refractivity contribution is -0.147. The van der Waals surface area contributed by atoms with Crippen LogP contribution < -0.4 is 5.69 Å². The normalized spacial score (nSPS) is 12.0. The van der Waals surface area contributed by atoms with Crippen molar-refractivity contribution in [2.45, 2.75) is 19.6 Å². The molecule has 0 saturated heterocycles. The number of nitrogens with one attached hydrogen (secondary N) is 1. The number of halogens is 3. The van der Waals surface area contributed by atoms with Gasteiger partial charge in [0.2, 0.25) is 5.82 Å². The molecular formula is C5H6F3N3O. The van der Waals surface area contributed by atoms with Crippen LogP contribution in [-0.2, 0) is 12.7 Å². The summed E-state index contributed by atoms with van der Waals surface area (Å²) in [5.41, 5.74) is -0.843. The van der Waals surface area contributed by atoms with Gasteiger partial charge in [0, 0.05) is 6.54 Å². The van der Waals surface area contributed by atoms with Crippen LogP contribution in [0.25, 0.3) is 0 Å². The molecule has 68 valence electrons. The topological polar surface area (TPSA) is 50.7 Å². The van der Waals surface area contributed by atoms with E-state index in [1.54, 1.807) is 5.10 Å². The summed E-state index contributed by atoms with van der Waals surface area (Å²) in [4.78, 5) is 10.7. The van der Waals surface area contributed by atoms with Crippen molar-refractivity contribution in [1.29, 1.82) is 0 Å². The first kappa shape index (κ1) is 8.82. The highest BCUT2D eigenvalue weighted by atomic mass is 19.4. The Hall–Kier alpha value is -1.27. The molecule has 1 N–H and O–H groups in total. The molecule has 0 bridgehead atoms. The summed E-state index contributed by atoms with van der Waals surface area (Å²) in [5.74, 6) is -1.19. The largest absolute Gasteiger partial charge is 0.451 e. The van der Waals surface area contributed by atoms with Gasteiger partial charge in [-0.2, -0.15) is 13.2 Å². The van der Waals surface area contributed by atoms with Gasteiger partial charge in [-0.15, -0.1) is 5.10 Å². The van der Waals surface area contributed by atoms with Gasteiger partial charge in [0.25, 0.3) is 0 Å². The molecule has 0 amide bonds. The molecule has 1 aromatic rings. The molecule has 0 aliphatic heterocycles. The lowest BCUT2D eigenvalue weighted by Crippen LogP contribution is -2.22. The molecule has 0 aliphatic carbocycles. The van der Waals surface area contributed by atoms with Gasteiger partial charge in [0.15, 0.2) is 0 Å². The second-order valence-electron chi connectivity index (χ2n) is 2.09. The van der Waals surface area contributed by atoms with Gasteiger partial charge < -0.3 is 0 Å². The van der Waals surface area contributed by atoms with Crippen molar-refractivity contribution in [3.8, 4) is 0 Å². The molecule has 0 saturated carbocycles. The van der Waals surface area contributed by atoms with Crippen molar-refractivity contribution < 1.29 is 13.2 Å². The molecule has 0 aliphatic rings. The number of nitrogens with zero attached hydrogens (tertiary/aromatic N) is 2. The number of hydrogen-bond donors (Lipinski definition) is 1. The van der Waals surface area contributed by atoms with E-state index in [2.05, 4.69) is 5.10 Å². The molecule has 0 atom stereocenters. The predicted molar refractivity (Wildman–Crippen MR) is 33.5 cm³/mol. The summed E-state index contributed by atoms with van der Waals surface area (Å²) < 4.78 is 36.5. The second-order valence-corrected chi connectivity index (χ2v) is 2.09. The third kappa shape index (κ3) is 1.34. The zero-order valence-corrected chi connectivity index (χ0v) is 6.14.